The van der Waals surface area contributed by atoms with Crippen LogP contribution in [0, 0.1) is 0 Å². The molecule has 5 nitrogen and oxygen atoms in total. The summed E-state index contributed by atoms with van der Waals surface area (Å²) >= 11 is 3.36. The van der Waals surface area contributed by atoms with E-state index in [4.69, 9.17) is 14.2 Å². The number of methoxy groups -OCH3 is 1. The van der Waals surface area contributed by atoms with Crippen molar-refractivity contribution in [1.29, 1.82) is 0 Å². The Kier molecular flexibility index (Phi) is 5.62. The Hall–Kier alpha value is -1.27. The minimum Gasteiger partial charge on any atom is -0.466 e. The van der Waals surface area contributed by atoms with Crippen molar-refractivity contribution in [3.05, 3.63) is 22.7 Å². The predicted molar refractivity (Wildman–Crippen MR) is 76.5 cm³/mol. The number of carbonyl (C=O) groups is 1. The number of anilines is 1. The highest BCUT2D eigenvalue weighted by Gasteiger charge is 2.16. The van der Waals surface area contributed by atoms with Gasteiger partial charge in [0.05, 0.1) is 4.47 Å². The van der Waals surface area contributed by atoms with Crippen molar-refractivity contribution in [2.24, 2.45) is 0 Å². The largest absolute Gasteiger partial charge is 0.466 e. The number of amides is 1. The van der Waals surface area contributed by atoms with E-state index in [-0.39, 0.29) is 6.79 Å². The molecule has 0 aliphatic carbocycles. The maximum atomic E-state index is 11.6. The molecule has 0 saturated heterocycles. The molecule has 1 aromatic carbocycles. The normalized spacial score (nSPS) is 11.0. The minimum absolute atomic E-state index is 0.164. The van der Waals surface area contributed by atoms with Crippen LogP contribution in [-0.4, -0.2) is 25.6 Å². The third kappa shape index (κ3) is 5.94. The lowest BCUT2D eigenvalue weighted by atomic mass is 10.2. The van der Waals surface area contributed by atoms with Crippen LogP contribution in [0.25, 0.3) is 0 Å². The number of nitrogens with one attached hydrogen (secondary N) is 1. The SMILES string of the molecule is COCOc1ccc(NC(=O)OC(C)(C)C)cc1Br. The van der Waals surface area contributed by atoms with Gasteiger partial charge < -0.3 is 14.2 Å². The summed E-state index contributed by atoms with van der Waals surface area (Å²) < 4.78 is 16.0. The molecule has 0 aliphatic heterocycles. The molecular formula is C13H18BrNO4. The van der Waals surface area contributed by atoms with Crippen molar-refractivity contribution in [1.82, 2.24) is 0 Å². The first-order valence-corrected chi connectivity index (χ1v) is 6.52. The fourth-order valence-electron chi connectivity index (χ4n) is 1.24. The second-order valence-corrected chi connectivity index (χ2v) is 5.68. The number of ether oxygens (including phenoxy) is 3. The summed E-state index contributed by atoms with van der Waals surface area (Å²) in [6.45, 7) is 5.59. The highest BCUT2D eigenvalue weighted by Crippen LogP contribution is 2.28. The fraction of sp³-hybridized carbons (Fsp3) is 0.462. The van der Waals surface area contributed by atoms with Gasteiger partial charge in [-0.3, -0.25) is 5.32 Å². The number of halogens is 1. The van der Waals surface area contributed by atoms with Crippen molar-refractivity contribution in [3.63, 3.8) is 0 Å². The highest BCUT2D eigenvalue weighted by molar-refractivity contribution is 9.10. The van der Waals surface area contributed by atoms with Crippen molar-refractivity contribution < 1.29 is 19.0 Å². The Morgan fingerprint density at radius 3 is 2.58 bits per heavy atom. The molecule has 1 aromatic rings. The molecular weight excluding hydrogens is 314 g/mol. The molecule has 1 amide bonds. The number of hydrogen-bond donors (Lipinski definition) is 1. The molecule has 1 N–H and O–H groups in total. The van der Waals surface area contributed by atoms with Gasteiger partial charge >= 0.3 is 6.09 Å². The van der Waals surface area contributed by atoms with Gasteiger partial charge in [0.25, 0.3) is 0 Å². The topological polar surface area (TPSA) is 56.8 Å². The van der Waals surface area contributed by atoms with Crippen LogP contribution in [0.5, 0.6) is 5.75 Å². The van der Waals surface area contributed by atoms with Crippen LogP contribution in [-0.2, 0) is 9.47 Å². The summed E-state index contributed by atoms with van der Waals surface area (Å²) in [6.07, 6.45) is -0.495. The maximum absolute atomic E-state index is 11.6. The van der Waals surface area contributed by atoms with Gasteiger partial charge in [-0.2, -0.15) is 0 Å². The van der Waals surface area contributed by atoms with Crippen LogP contribution in [0.2, 0.25) is 0 Å². The first-order chi connectivity index (χ1) is 8.81. The monoisotopic (exact) mass is 331 g/mol. The van der Waals surface area contributed by atoms with Crippen LogP contribution in [0.3, 0.4) is 0 Å². The van der Waals surface area contributed by atoms with Gasteiger partial charge in [-0.1, -0.05) is 0 Å². The smallest absolute Gasteiger partial charge is 0.412 e. The maximum Gasteiger partial charge on any atom is 0.412 e. The third-order valence-electron chi connectivity index (χ3n) is 1.91. The summed E-state index contributed by atoms with van der Waals surface area (Å²) in [5, 5.41) is 2.64. The molecule has 0 aliphatic rings. The van der Waals surface area contributed by atoms with Gasteiger partial charge in [0.2, 0.25) is 0 Å². The van der Waals surface area contributed by atoms with E-state index < -0.39 is 11.7 Å². The number of hydrogen-bond acceptors (Lipinski definition) is 4. The number of carbonyl (C=O) groups excluding carboxylic acids is 1. The molecule has 0 unspecified atom stereocenters. The van der Waals surface area contributed by atoms with Gasteiger partial charge in [0, 0.05) is 12.8 Å². The molecule has 0 aromatic heterocycles. The van der Waals surface area contributed by atoms with E-state index in [0.717, 1.165) is 4.47 Å². The van der Waals surface area contributed by atoms with E-state index in [0.29, 0.717) is 11.4 Å². The Bertz CT molecular complexity index is 443. The molecule has 0 heterocycles. The van der Waals surface area contributed by atoms with E-state index in [1.165, 1.54) is 0 Å². The first-order valence-electron chi connectivity index (χ1n) is 5.73. The standard InChI is InChI=1S/C13H18BrNO4/c1-13(2,3)19-12(16)15-9-5-6-11(10(14)7-9)18-8-17-4/h5-7H,8H2,1-4H3,(H,15,16). The van der Waals surface area contributed by atoms with Crippen LogP contribution >= 0.6 is 15.9 Å². The zero-order chi connectivity index (χ0) is 14.5. The molecule has 19 heavy (non-hydrogen) atoms. The second-order valence-electron chi connectivity index (χ2n) is 4.82. The lowest BCUT2D eigenvalue weighted by Gasteiger charge is -2.19. The fourth-order valence-corrected chi connectivity index (χ4v) is 1.73. The molecule has 0 atom stereocenters. The van der Waals surface area contributed by atoms with Gasteiger partial charge in [0.1, 0.15) is 11.4 Å². The lowest BCUT2D eigenvalue weighted by Crippen LogP contribution is -2.27. The molecule has 0 fully saturated rings. The van der Waals surface area contributed by atoms with Gasteiger partial charge in [0.15, 0.2) is 6.79 Å². The molecule has 0 radical (unpaired) electrons. The molecule has 0 saturated carbocycles. The lowest BCUT2D eigenvalue weighted by molar-refractivity contribution is 0.0505. The number of benzene rings is 1. The molecule has 6 heteroatoms. The zero-order valence-electron chi connectivity index (χ0n) is 11.5. The zero-order valence-corrected chi connectivity index (χ0v) is 13.0. The Labute approximate surface area is 121 Å². The van der Waals surface area contributed by atoms with E-state index in [1.54, 1.807) is 25.3 Å². The average Bonchev–Trinajstić information content (AvgIpc) is 2.25. The van der Waals surface area contributed by atoms with Crippen LogP contribution in [0.4, 0.5) is 10.5 Å². The van der Waals surface area contributed by atoms with E-state index in [1.807, 2.05) is 20.8 Å². The first kappa shape index (κ1) is 15.8. The molecule has 0 bridgehead atoms. The van der Waals surface area contributed by atoms with Gasteiger partial charge in [-0.25, -0.2) is 4.79 Å². The quantitative estimate of drug-likeness (QED) is 0.853. The average molecular weight is 332 g/mol. The third-order valence-corrected chi connectivity index (χ3v) is 2.53. The summed E-state index contributed by atoms with van der Waals surface area (Å²) in [5.41, 5.74) is 0.0916. The van der Waals surface area contributed by atoms with Crippen LogP contribution < -0.4 is 10.1 Å². The van der Waals surface area contributed by atoms with E-state index in [2.05, 4.69) is 21.2 Å². The van der Waals surface area contributed by atoms with Gasteiger partial charge in [-0.05, 0) is 54.9 Å². The number of rotatable bonds is 4. The molecule has 106 valence electrons. The summed E-state index contributed by atoms with van der Waals surface area (Å²) in [7, 11) is 1.55. The van der Waals surface area contributed by atoms with Crippen molar-refractivity contribution in [3.8, 4) is 5.75 Å². The van der Waals surface area contributed by atoms with Crippen molar-refractivity contribution in [2.75, 3.05) is 19.2 Å². The molecule has 1 rings (SSSR count). The second kappa shape index (κ2) is 6.77. The van der Waals surface area contributed by atoms with Crippen LogP contribution in [0.15, 0.2) is 22.7 Å². The summed E-state index contributed by atoms with van der Waals surface area (Å²) in [4.78, 5) is 11.6. The highest BCUT2D eigenvalue weighted by atomic mass is 79.9. The molecule has 0 spiro atoms. The summed E-state index contributed by atoms with van der Waals surface area (Å²) in [6, 6.07) is 5.18. The predicted octanol–water partition coefficient (Wildman–Crippen LogP) is 3.78. The Morgan fingerprint density at radius 2 is 2.05 bits per heavy atom. The Morgan fingerprint density at radius 1 is 1.37 bits per heavy atom. The van der Waals surface area contributed by atoms with Gasteiger partial charge in [-0.15, -0.1) is 0 Å². The van der Waals surface area contributed by atoms with E-state index in [9.17, 15) is 4.79 Å². The minimum atomic E-state index is -0.525. The van der Waals surface area contributed by atoms with Crippen molar-refractivity contribution in [2.45, 2.75) is 26.4 Å². The Balaban J connectivity index is 2.65. The van der Waals surface area contributed by atoms with Crippen LogP contribution in [0.1, 0.15) is 20.8 Å². The van der Waals surface area contributed by atoms with Crippen molar-refractivity contribution >= 4 is 27.7 Å². The van der Waals surface area contributed by atoms with E-state index >= 15 is 0 Å². The summed E-state index contributed by atoms with van der Waals surface area (Å²) in [5.74, 6) is 0.636.